The van der Waals surface area contributed by atoms with Crippen molar-refractivity contribution in [2.45, 2.75) is 13.1 Å². The third-order valence-electron chi connectivity index (χ3n) is 6.10. The summed E-state index contributed by atoms with van der Waals surface area (Å²) < 4.78 is 10.8. The lowest BCUT2D eigenvalue weighted by Gasteiger charge is -2.36. The highest BCUT2D eigenvalue weighted by atomic mass is 35.5. The quantitative estimate of drug-likeness (QED) is 0.212. The van der Waals surface area contributed by atoms with E-state index in [0.29, 0.717) is 39.3 Å². The lowest BCUT2D eigenvalue weighted by Crippen LogP contribution is -2.47. The van der Waals surface area contributed by atoms with Crippen LogP contribution in [0.2, 0.25) is 10.0 Å². The van der Waals surface area contributed by atoms with Crippen LogP contribution in [0.1, 0.15) is 10.6 Å². The number of methoxy groups -OCH3 is 2. The first-order chi connectivity index (χ1) is 19.8. The molecule has 0 saturated carbocycles. The Bertz CT molecular complexity index is 1610. The van der Waals surface area contributed by atoms with Crippen LogP contribution in [0.25, 0.3) is 0 Å². The number of urea groups is 1. The van der Waals surface area contributed by atoms with Gasteiger partial charge in [-0.2, -0.15) is 4.98 Å². The maximum atomic E-state index is 14.1. The molecule has 11 nitrogen and oxygen atoms in total. The Hall–Kier alpha value is -4.39. The van der Waals surface area contributed by atoms with Gasteiger partial charge in [-0.25, -0.2) is 14.8 Å². The van der Waals surface area contributed by atoms with Crippen molar-refractivity contribution in [1.82, 2.24) is 15.0 Å². The van der Waals surface area contributed by atoms with Crippen LogP contribution in [-0.2, 0) is 17.9 Å². The van der Waals surface area contributed by atoms with E-state index in [1.165, 1.54) is 41.4 Å². The van der Waals surface area contributed by atoms with Crippen molar-refractivity contribution in [3.8, 4) is 11.5 Å². The highest BCUT2D eigenvalue weighted by Crippen LogP contribution is 2.48. The Kier molecular flexibility index (Phi) is 8.24. The molecule has 0 aliphatic carbocycles. The summed E-state index contributed by atoms with van der Waals surface area (Å²) in [5.74, 6) is 0.830. The third-order valence-corrected chi connectivity index (χ3v) is 7.60. The summed E-state index contributed by atoms with van der Waals surface area (Å²) in [6, 6.07) is 8.20. The molecule has 41 heavy (non-hydrogen) atoms. The second-order valence-corrected chi connectivity index (χ2v) is 10.3. The predicted molar refractivity (Wildman–Crippen MR) is 160 cm³/mol. The number of amides is 3. The number of thiazole rings is 1. The van der Waals surface area contributed by atoms with E-state index in [9.17, 15) is 9.59 Å². The summed E-state index contributed by atoms with van der Waals surface area (Å²) in [6.45, 7) is 3.70. The van der Waals surface area contributed by atoms with Crippen molar-refractivity contribution in [2.24, 2.45) is 0 Å². The Morgan fingerprint density at radius 2 is 1.85 bits per heavy atom. The van der Waals surface area contributed by atoms with E-state index in [1.807, 2.05) is 5.38 Å². The van der Waals surface area contributed by atoms with Crippen LogP contribution in [0.3, 0.4) is 0 Å². The first-order valence-corrected chi connectivity index (χ1v) is 13.7. The standard InChI is InChI=1S/C27H23Cl2N7O4S/c1-4-20(37)32-16-7-5-6-8-17(16)33-26-31-12-15-13-35(24-22(28)18(39-2)11-19(40-3)23(24)29)27(38)36(25(15)34-26)14-21-30-9-10-41-21/h4-12H,1,13-14H2,2-3H3,(H,32,37)(H,31,33,34). The minimum Gasteiger partial charge on any atom is -0.495 e. The lowest BCUT2D eigenvalue weighted by atomic mass is 10.1. The highest BCUT2D eigenvalue weighted by Gasteiger charge is 2.37. The molecule has 4 aromatic rings. The molecule has 3 heterocycles. The smallest absolute Gasteiger partial charge is 0.330 e. The van der Waals surface area contributed by atoms with Crippen LogP contribution in [0.15, 0.2) is 60.8 Å². The average Bonchev–Trinajstić information content (AvgIpc) is 3.50. The number of carbonyl (C=O) groups is 2. The van der Waals surface area contributed by atoms with Crippen LogP contribution >= 0.6 is 34.5 Å². The third kappa shape index (κ3) is 5.62. The van der Waals surface area contributed by atoms with Crippen molar-refractivity contribution in [3.63, 3.8) is 0 Å². The van der Waals surface area contributed by atoms with Crippen LogP contribution in [0.4, 0.5) is 33.6 Å². The number of anilines is 5. The van der Waals surface area contributed by atoms with Gasteiger partial charge in [0.1, 0.15) is 32.4 Å². The molecule has 0 unspecified atom stereocenters. The Labute approximate surface area is 249 Å². The maximum Gasteiger partial charge on any atom is 0.330 e. The van der Waals surface area contributed by atoms with Gasteiger partial charge in [0.05, 0.1) is 44.4 Å². The van der Waals surface area contributed by atoms with Crippen molar-refractivity contribution >= 4 is 75.3 Å². The molecular formula is C27H23Cl2N7O4S. The van der Waals surface area contributed by atoms with E-state index in [1.54, 1.807) is 42.7 Å². The normalized spacial score (nSPS) is 12.5. The van der Waals surface area contributed by atoms with Crippen LogP contribution in [0, 0.1) is 0 Å². The number of hydrogen-bond donors (Lipinski definition) is 2. The van der Waals surface area contributed by atoms with Gasteiger partial charge in [-0.15, -0.1) is 11.3 Å². The van der Waals surface area contributed by atoms with Gasteiger partial charge in [-0.3, -0.25) is 14.6 Å². The molecule has 2 aromatic heterocycles. The minimum atomic E-state index is -0.435. The van der Waals surface area contributed by atoms with Gasteiger partial charge in [-0.05, 0) is 18.2 Å². The topological polar surface area (TPSA) is 122 Å². The van der Waals surface area contributed by atoms with E-state index in [-0.39, 0.29) is 40.7 Å². The molecule has 5 rings (SSSR count). The van der Waals surface area contributed by atoms with E-state index in [4.69, 9.17) is 32.7 Å². The fraction of sp³-hybridized carbons (Fsp3) is 0.148. The van der Waals surface area contributed by atoms with Crippen LogP contribution in [-0.4, -0.2) is 41.1 Å². The largest absolute Gasteiger partial charge is 0.495 e. The first-order valence-electron chi connectivity index (χ1n) is 12.1. The fourth-order valence-electron chi connectivity index (χ4n) is 4.18. The molecule has 1 aliphatic heterocycles. The highest BCUT2D eigenvalue weighted by molar-refractivity contribution is 7.09. The average molecular weight is 612 g/mol. The summed E-state index contributed by atoms with van der Waals surface area (Å²) >= 11 is 14.7. The second-order valence-electron chi connectivity index (χ2n) is 8.54. The van der Waals surface area contributed by atoms with Gasteiger partial charge in [0.2, 0.25) is 11.9 Å². The molecule has 14 heteroatoms. The van der Waals surface area contributed by atoms with Crippen LogP contribution in [0.5, 0.6) is 11.5 Å². The van der Waals surface area contributed by atoms with Crippen molar-refractivity contribution in [1.29, 1.82) is 0 Å². The van der Waals surface area contributed by atoms with E-state index >= 15 is 0 Å². The minimum absolute atomic E-state index is 0.0740. The summed E-state index contributed by atoms with van der Waals surface area (Å²) in [7, 11) is 2.92. The number of benzene rings is 2. The zero-order valence-electron chi connectivity index (χ0n) is 21.9. The number of aromatic nitrogens is 3. The van der Waals surface area contributed by atoms with Crippen molar-refractivity contribution in [3.05, 3.63) is 81.4 Å². The zero-order chi connectivity index (χ0) is 29.1. The SMILES string of the molecule is C=CC(=O)Nc1ccccc1Nc1ncc2c(n1)N(Cc1nccs1)C(=O)N(c1c(Cl)c(OC)cc(OC)c1Cl)C2. The Morgan fingerprint density at radius 1 is 1.15 bits per heavy atom. The van der Waals surface area contributed by atoms with E-state index < -0.39 is 6.03 Å². The van der Waals surface area contributed by atoms with Gasteiger partial charge < -0.3 is 20.1 Å². The van der Waals surface area contributed by atoms with Gasteiger partial charge in [0.15, 0.2) is 0 Å². The molecule has 2 N–H and O–H groups in total. The monoisotopic (exact) mass is 611 g/mol. The number of nitrogens with zero attached hydrogens (tertiary/aromatic N) is 5. The fourth-order valence-corrected chi connectivity index (χ4v) is 5.48. The zero-order valence-corrected chi connectivity index (χ0v) is 24.2. The summed E-state index contributed by atoms with van der Waals surface area (Å²) in [6.07, 6.45) is 4.45. The summed E-state index contributed by atoms with van der Waals surface area (Å²) in [4.78, 5) is 42.4. The number of fused-ring (bicyclic) bond motifs is 1. The Balaban J connectivity index is 1.57. The van der Waals surface area contributed by atoms with E-state index in [0.717, 1.165) is 0 Å². The molecule has 1 aliphatic rings. The molecule has 3 amide bonds. The molecule has 0 fully saturated rings. The molecule has 0 saturated heterocycles. The second kappa shape index (κ2) is 12.0. The molecule has 210 valence electrons. The van der Waals surface area contributed by atoms with Crippen molar-refractivity contribution < 1.29 is 19.1 Å². The Morgan fingerprint density at radius 3 is 2.49 bits per heavy atom. The molecule has 0 spiro atoms. The molecule has 2 aromatic carbocycles. The van der Waals surface area contributed by atoms with Gasteiger partial charge >= 0.3 is 6.03 Å². The van der Waals surface area contributed by atoms with Gasteiger partial charge in [-0.1, -0.05) is 41.9 Å². The van der Waals surface area contributed by atoms with Crippen molar-refractivity contribution in [2.75, 3.05) is 34.7 Å². The summed E-state index contributed by atoms with van der Waals surface area (Å²) in [5, 5.41) is 8.69. The maximum absolute atomic E-state index is 14.1. The number of halogens is 2. The van der Waals surface area contributed by atoms with Crippen LogP contribution < -0.4 is 29.9 Å². The molecular weight excluding hydrogens is 589 g/mol. The van der Waals surface area contributed by atoms with E-state index in [2.05, 4.69) is 32.2 Å². The number of hydrogen-bond acceptors (Lipinski definition) is 9. The number of nitrogens with one attached hydrogen (secondary N) is 2. The predicted octanol–water partition coefficient (Wildman–Crippen LogP) is 6.27. The number of ether oxygens (including phenoxy) is 2. The van der Waals surface area contributed by atoms with Gasteiger partial charge in [0.25, 0.3) is 0 Å². The molecule has 0 atom stereocenters. The number of para-hydroxylation sites is 2. The lowest BCUT2D eigenvalue weighted by molar-refractivity contribution is -0.111. The molecule has 0 bridgehead atoms. The summed E-state index contributed by atoms with van der Waals surface area (Å²) in [5.41, 5.74) is 1.93. The number of carbonyl (C=O) groups excluding carboxylic acids is 2. The van der Waals surface area contributed by atoms with Gasteiger partial charge in [0, 0.05) is 29.4 Å². The first kappa shape index (κ1) is 28.1. The number of rotatable bonds is 9. The molecule has 0 radical (unpaired) electrons.